The number of carbonyl (C=O) groups excluding carboxylic acids is 2. The number of carbonyl (C=O) groups is 2. The molecule has 1 aliphatic rings. The third-order valence-electron chi connectivity index (χ3n) is 3.70. The predicted molar refractivity (Wildman–Crippen MR) is 77.2 cm³/mol. The molecule has 1 heterocycles. The quantitative estimate of drug-likeness (QED) is 0.728. The van der Waals surface area contributed by atoms with Crippen molar-refractivity contribution in [3.05, 3.63) is 35.4 Å². The van der Waals surface area contributed by atoms with Gasteiger partial charge in [0.05, 0.1) is 0 Å². The molecule has 1 unspecified atom stereocenters. The van der Waals surface area contributed by atoms with Crippen LogP contribution in [0.5, 0.6) is 0 Å². The SMILES string of the molecule is CC(C)(C)c1ccc(C2(CCN)NC(=O)NC2=O)cc1. The normalized spacial score (nSPS) is 22.6. The van der Waals surface area contributed by atoms with Gasteiger partial charge in [-0.1, -0.05) is 45.0 Å². The van der Waals surface area contributed by atoms with Crippen molar-refractivity contribution in [2.45, 2.75) is 38.1 Å². The van der Waals surface area contributed by atoms with Crippen LogP contribution < -0.4 is 16.4 Å². The van der Waals surface area contributed by atoms with E-state index in [9.17, 15) is 9.59 Å². The Morgan fingerprint density at radius 3 is 2.15 bits per heavy atom. The van der Waals surface area contributed by atoms with Crippen LogP contribution >= 0.6 is 0 Å². The van der Waals surface area contributed by atoms with Crippen LogP contribution in [-0.4, -0.2) is 18.5 Å². The second-order valence-corrected chi connectivity index (χ2v) is 6.18. The highest BCUT2D eigenvalue weighted by Crippen LogP contribution is 2.30. The second-order valence-electron chi connectivity index (χ2n) is 6.18. The van der Waals surface area contributed by atoms with E-state index in [4.69, 9.17) is 5.73 Å². The molecule has 0 saturated carbocycles. The Bertz CT molecular complexity index is 531. The first-order valence-electron chi connectivity index (χ1n) is 6.74. The lowest BCUT2D eigenvalue weighted by Crippen LogP contribution is -2.45. The van der Waals surface area contributed by atoms with Gasteiger partial charge in [0.25, 0.3) is 5.91 Å². The van der Waals surface area contributed by atoms with Crippen molar-refractivity contribution in [1.82, 2.24) is 10.6 Å². The first-order valence-corrected chi connectivity index (χ1v) is 6.74. The number of urea groups is 1. The Kier molecular flexibility index (Phi) is 3.56. The van der Waals surface area contributed by atoms with Gasteiger partial charge in [-0.05, 0) is 29.5 Å². The van der Waals surface area contributed by atoms with Gasteiger partial charge in [0, 0.05) is 0 Å². The number of imide groups is 1. The van der Waals surface area contributed by atoms with Crippen molar-refractivity contribution >= 4 is 11.9 Å². The average Bonchev–Trinajstić information content (AvgIpc) is 2.65. The van der Waals surface area contributed by atoms with Crippen molar-refractivity contribution in [2.75, 3.05) is 6.54 Å². The number of rotatable bonds is 3. The van der Waals surface area contributed by atoms with Crippen LogP contribution in [0.4, 0.5) is 4.79 Å². The third kappa shape index (κ3) is 2.41. The molecule has 1 aromatic carbocycles. The molecular formula is C15H21N3O2. The van der Waals surface area contributed by atoms with Crippen molar-refractivity contribution in [3.8, 4) is 0 Å². The highest BCUT2D eigenvalue weighted by molar-refractivity contribution is 6.07. The van der Waals surface area contributed by atoms with Crippen LogP contribution in [0.3, 0.4) is 0 Å². The molecule has 0 radical (unpaired) electrons. The summed E-state index contributed by atoms with van der Waals surface area (Å²) in [6, 6.07) is 7.29. The minimum atomic E-state index is -1.04. The van der Waals surface area contributed by atoms with E-state index >= 15 is 0 Å². The van der Waals surface area contributed by atoms with Crippen LogP contribution in [0, 0.1) is 0 Å². The minimum absolute atomic E-state index is 0.0424. The Morgan fingerprint density at radius 1 is 1.15 bits per heavy atom. The van der Waals surface area contributed by atoms with Crippen molar-refractivity contribution in [2.24, 2.45) is 5.73 Å². The summed E-state index contributed by atoms with van der Waals surface area (Å²) in [4.78, 5) is 23.6. The molecule has 1 fully saturated rings. The van der Waals surface area contributed by atoms with Gasteiger partial charge in [-0.3, -0.25) is 10.1 Å². The van der Waals surface area contributed by atoms with Crippen LogP contribution in [0.1, 0.15) is 38.3 Å². The van der Waals surface area contributed by atoms with E-state index in [2.05, 4.69) is 31.4 Å². The molecule has 1 aromatic rings. The van der Waals surface area contributed by atoms with E-state index in [1.165, 1.54) is 5.56 Å². The Morgan fingerprint density at radius 2 is 1.75 bits per heavy atom. The van der Waals surface area contributed by atoms with E-state index in [1.54, 1.807) is 0 Å². The molecule has 1 saturated heterocycles. The lowest BCUT2D eigenvalue weighted by molar-refractivity contribution is -0.124. The molecule has 5 heteroatoms. The summed E-state index contributed by atoms with van der Waals surface area (Å²) < 4.78 is 0. The standard InChI is InChI=1S/C15H21N3O2/c1-14(2,3)10-4-6-11(7-5-10)15(8-9-16)12(19)17-13(20)18-15/h4-7H,8-9,16H2,1-3H3,(H2,17,18,19,20). The maximum absolute atomic E-state index is 12.1. The van der Waals surface area contributed by atoms with Gasteiger partial charge >= 0.3 is 6.03 Å². The minimum Gasteiger partial charge on any atom is -0.330 e. The van der Waals surface area contributed by atoms with E-state index in [0.29, 0.717) is 13.0 Å². The molecule has 4 N–H and O–H groups in total. The van der Waals surface area contributed by atoms with E-state index < -0.39 is 11.6 Å². The highest BCUT2D eigenvalue weighted by Gasteiger charge is 2.46. The fourth-order valence-corrected chi connectivity index (χ4v) is 2.49. The van der Waals surface area contributed by atoms with Gasteiger partial charge in [0.2, 0.25) is 0 Å². The number of hydrogen-bond donors (Lipinski definition) is 3. The molecule has 0 bridgehead atoms. The second kappa shape index (κ2) is 4.90. The van der Waals surface area contributed by atoms with Gasteiger partial charge in [-0.2, -0.15) is 0 Å². The summed E-state index contributed by atoms with van der Waals surface area (Å²) >= 11 is 0. The lowest BCUT2D eigenvalue weighted by atomic mass is 9.82. The van der Waals surface area contributed by atoms with Crippen LogP contribution in [0.25, 0.3) is 0 Å². The van der Waals surface area contributed by atoms with E-state index in [-0.39, 0.29) is 11.3 Å². The topological polar surface area (TPSA) is 84.2 Å². The molecular weight excluding hydrogens is 254 g/mol. The first kappa shape index (κ1) is 14.5. The van der Waals surface area contributed by atoms with Crippen LogP contribution in [0.2, 0.25) is 0 Å². The van der Waals surface area contributed by atoms with E-state index in [0.717, 1.165) is 5.56 Å². The van der Waals surface area contributed by atoms with Crippen LogP contribution in [-0.2, 0) is 15.7 Å². The van der Waals surface area contributed by atoms with Gasteiger partial charge in [-0.25, -0.2) is 4.79 Å². The number of hydrogen-bond acceptors (Lipinski definition) is 3. The summed E-state index contributed by atoms with van der Waals surface area (Å²) in [5.41, 5.74) is 6.55. The summed E-state index contributed by atoms with van der Waals surface area (Å²) in [5, 5.41) is 5.00. The largest absolute Gasteiger partial charge is 0.330 e. The fraction of sp³-hybridized carbons (Fsp3) is 0.467. The maximum Gasteiger partial charge on any atom is 0.322 e. The monoisotopic (exact) mass is 275 g/mol. The summed E-state index contributed by atoms with van der Waals surface area (Å²) in [6.07, 6.45) is 0.374. The third-order valence-corrected chi connectivity index (χ3v) is 3.70. The van der Waals surface area contributed by atoms with Crippen LogP contribution in [0.15, 0.2) is 24.3 Å². The zero-order chi connectivity index (χ0) is 15.0. The zero-order valence-corrected chi connectivity index (χ0v) is 12.1. The molecule has 3 amide bonds. The Balaban J connectivity index is 2.41. The molecule has 5 nitrogen and oxygen atoms in total. The Hall–Kier alpha value is -1.88. The highest BCUT2D eigenvalue weighted by atomic mass is 16.2. The molecule has 0 spiro atoms. The fourth-order valence-electron chi connectivity index (χ4n) is 2.49. The predicted octanol–water partition coefficient (Wildman–Crippen LogP) is 1.37. The molecule has 20 heavy (non-hydrogen) atoms. The number of benzene rings is 1. The Labute approximate surface area is 118 Å². The molecule has 108 valence electrons. The van der Waals surface area contributed by atoms with Crippen molar-refractivity contribution < 1.29 is 9.59 Å². The molecule has 2 rings (SSSR count). The molecule has 0 aliphatic carbocycles. The molecule has 1 aliphatic heterocycles. The lowest BCUT2D eigenvalue weighted by Gasteiger charge is -2.27. The molecule has 1 atom stereocenters. The van der Waals surface area contributed by atoms with Gasteiger partial charge in [0.1, 0.15) is 5.54 Å². The number of amides is 3. The van der Waals surface area contributed by atoms with Gasteiger partial charge in [0.15, 0.2) is 0 Å². The summed E-state index contributed by atoms with van der Waals surface area (Å²) in [6.45, 7) is 6.69. The summed E-state index contributed by atoms with van der Waals surface area (Å²) in [5.74, 6) is -0.337. The average molecular weight is 275 g/mol. The smallest absolute Gasteiger partial charge is 0.322 e. The van der Waals surface area contributed by atoms with E-state index in [1.807, 2.05) is 24.3 Å². The summed E-state index contributed by atoms with van der Waals surface area (Å²) in [7, 11) is 0. The number of nitrogens with two attached hydrogens (primary N) is 1. The van der Waals surface area contributed by atoms with Gasteiger partial charge in [-0.15, -0.1) is 0 Å². The molecule has 0 aromatic heterocycles. The zero-order valence-electron chi connectivity index (χ0n) is 12.1. The first-order chi connectivity index (χ1) is 9.29. The van der Waals surface area contributed by atoms with Crippen molar-refractivity contribution in [1.29, 1.82) is 0 Å². The van der Waals surface area contributed by atoms with Gasteiger partial charge < -0.3 is 11.1 Å². The van der Waals surface area contributed by atoms with Crippen molar-refractivity contribution in [3.63, 3.8) is 0 Å². The number of nitrogens with one attached hydrogen (secondary N) is 2. The maximum atomic E-state index is 12.1.